The third-order valence-corrected chi connectivity index (χ3v) is 0. The van der Waals surface area contributed by atoms with Crippen LogP contribution in [0.15, 0.2) is 0 Å². The van der Waals surface area contributed by atoms with Crippen molar-refractivity contribution in [1.29, 1.82) is 0 Å². The molecule has 0 aromatic heterocycles. The van der Waals surface area contributed by atoms with Gasteiger partial charge in [-0.1, -0.05) is 0 Å². The minimum Gasteiger partial charge on any atom is -0.397 e. The maximum atomic E-state index is 7.57. The number of aliphatic hydroxyl groups is 9. The Morgan fingerprint density at radius 1 is 0.276 bits per heavy atom. The monoisotopic (exact) mass is 597 g/mol. The van der Waals surface area contributed by atoms with E-state index in [9.17, 15) is 0 Å². The number of rotatable bonds is 0. The maximum Gasteiger partial charge on any atom is 0.0402 e. The van der Waals surface area contributed by atoms with Crippen LogP contribution in [-0.2, 0) is 48.6 Å². The van der Waals surface area contributed by atoms with Crippen LogP contribution in [0.1, 0.15) is 62.3 Å². The van der Waals surface area contributed by atoms with Gasteiger partial charge in [0.05, 0.1) is 0 Å². The van der Waals surface area contributed by atoms with Gasteiger partial charge in [-0.15, -0.1) is 0 Å². The Morgan fingerprint density at radius 2 is 0.276 bits per heavy atom. The fourth-order valence-electron chi connectivity index (χ4n) is 0. The predicted molar refractivity (Wildman–Crippen MR) is 115 cm³/mol. The van der Waals surface area contributed by atoms with E-state index in [1.807, 2.05) is 0 Å². The fraction of sp³-hybridized carbons (Fsp3) is 1.00. The molecule has 0 aromatic rings. The summed E-state index contributed by atoms with van der Waals surface area (Å²) in [6, 6.07) is 0. The van der Waals surface area contributed by atoms with Crippen LogP contribution in [0.4, 0.5) is 0 Å². The Bertz CT molecular complexity index is 65.8. The van der Waals surface area contributed by atoms with Crippen molar-refractivity contribution in [3.8, 4) is 0 Å². The van der Waals surface area contributed by atoms with Gasteiger partial charge in [-0.3, -0.25) is 0 Å². The molecule has 11 heteroatoms. The Morgan fingerprint density at radius 3 is 0.276 bits per heavy atom. The van der Waals surface area contributed by atoms with Crippen molar-refractivity contribution in [3.05, 3.63) is 0 Å². The second-order valence-corrected chi connectivity index (χ2v) is 2.85. The molecule has 1 radical (unpaired) electrons. The smallest absolute Gasteiger partial charge is 0.0402 e. The minimum atomic E-state index is 0. The summed E-state index contributed by atoms with van der Waals surface area (Å²) in [6.45, 7) is 17.4. The van der Waals surface area contributed by atoms with Crippen molar-refractivity contribution in [2.45, 2.75) is 62.3 Å². The molecule has 0 unspecified atom stereocenters. The molecule has 0 rings (SSSR count). The summed E-state index contributed by atoms with van der Waals surface area (Å²) >= 11 is 0. The van der Waals surface area contributed by atoms with Crippen LogP contribution in [0.2, 0.25) is 0 Å². The molecule has 0 atom stereocenters. The predicted octanol–water partition coefficient (Wildman–Crippen LogP) is -0.0176. The topological polar surface area (TPSA) is 182 Å². The van der Waals surface area contributed by atoms with E-state index >= 15 is 0 Å². The Hall–Kier alpha value is 1.26. The van der Waals surface area contributed by atoms with Gasteiger partial charge in [-0.05, 0) is 62.3 Å². The molecule has 0 saturated heterocycles. The van der Waals surface area contributed by atoms with Gasteiger partial charge in [0.2, 0.25) is 0 Å². The third-order valence-electron chi connectivity index (χ3n) is 0. The van der Waals surface area contributed by atoms with Crippen LogP contribution in [-0.4, -0.2) is 105 Å². The molecule has 0 aliphatic heterocycles. The first-order valence-electron chi connectivity index (χ1n) is 9.21. The number of hydrogen-bond acceptors (Lipinski definition) is 9. The Labute approximate surface area is 215 Å². The number of aliphatic hydroxyl groups excluding tert-OH is 9. The van der Waals surface area contributed by atoms with Crippen LogP contribution in [0.5, 0.6) is 0 Å². The molecule has 0 aliphatic rings. The van der Waals surface area contributed by atoms with Gasteiger partial charge >= 0.3 is 0 Å². The zero-order chi connectivity index (χ0) is 24.4. The Balaban J connectivity index is -0.0000000138. The van der Waals surface area contributed by atoms with E-state index in [1.54, 1.807) is 62.3 Å². The van der Waals surface area contributed by atoms with Crippen LogP contribution < -0.4 is 0 Å². The van der Waals surface area contributed by atoms with Gasteiger partial charge in [0.1, 0.15) is 0 Å². The molecular weight excluding hydrogens is 544 g/mol. The van der Waals surface area contributed by atoms with Crippen molar-refractivity contribution < 1.29 is 94.5 Å². The van der Waals surface area contributed by atoms with Crippen LogP contribution in [0, 0.1) is 0 Å². The van der Waals surface area contributed by atoms with E-state index in [-0.39, 0.29) is 108 Å². The standard InChI is InChI=1S/9C2H6O.Nb.Zr/c9*1-2-3;;/h9*3H,2H2,1H3;;. The van der Waals surface area contributed by atoms with E-state index in [2.05, 4.69) is 0 Å². The molecule has 0 amide bonds. The van der Waals surface area contributed by atoms with Crippen LogP contribution in [0.3, 0.4) is 0 Å². The van der Waals surface area contributed by atoms with Gasteiger partial charge in [0.25, 0.3) is 0 Å². The van der Waals surface area contributed by atoms with E-state index in [0.717, 1.165) is 0 Å². The molecular formula is C18H54NbO9Zr. The van der Waals surface area contributed by atoms with Crippen molar-refractivity contribution in [3.63, 3.8) is 0 Å². The van der Waals surface area contributed by atoms with E-state index in [0.29, 0.717) is 0 Å². The first-order chi connectivity index (χ1) is 12.7. The Kier molecular flexibility index (Phi) is 534. The maximum absolute atomic E-state index is 7.57. The van der Waals surface area contributed by atoms with Gasteiger partial charge in [-0.25, -0.2) is 0 Å². The molecule has 0 fully saturated rings. The van der Waals surface area contributed by atoms with Gasteiger partial charge < -0.3 is 46.0 Å². The summed E-state index contributed by atoms with van der Waals surface area (Å²) in [7, 11) is 0. The quantitative estimate of drug-likeness (QED) is 0.173. The van der Waals surface area contributed by atoms with Crippen molar-refractivity contribution in [1.82, 2.24) is 0 Å². The second-order valence-electron chi connectivity index (χ2n) is 2.85. The summed E-state index contributed by atoms with van der Waals surface area (Å²) in [5, 5.41) is 68.1. The van der Waals surface area contributed by atoms with Crippen molar-refractivity contribution in [2.24, 2.45) is 0 Å². The molecule has 0 heterocycles. The van der Waals surface area contributed by atoms with Gasteiger partial charge in [0.15, 0.2) is 0 Å². The first-order valence-corrected chi connectivity index (χ1v) is 9.21. The van der Waals surface area contributed by atoms with Crippen molar-refractivity contribution in [2.75, 3.05) is 59.5 Å². The second kappa shape index (κ2) is 222. The van der Waals surface area contributed by atoms with E-state index < -0.39 is 0 Å². The molecule has 0 spiro atoms. The average molecular weight is 599 g/mol. The average Bonchev–Trinajstić information content (AvgIpc) is 2.53. The summed E-state index contributed by atoms with van der Waals surface area (Å²) in [5.74, 6) is 0. The summed E-state index contributed by atoms with van der Waals surface area (Å²) in [4.78, 5) is 0. The SMILES string of the molecule is CCO.CCO.CCO.CCO.CCO.CCO.CCO.CCO.CCO.[Nb].[Zr]. The largest absolute Gasteiger partial charge is 0.397 e. The summed E-state index contributed by atoms with van der Waals surface area (Å²) in [5.41, 5.74) is 0. The van der Waals surface area contributed by atoms with Gasteiger partial charge in [0, 0.05) is 108 Å². The van der Waals surface area contributed by atoms with Gasteiger partial charge in [-0.2, -0.15) is 0 Å². The van der Waals surface area contributed by atoms with E-state index in [4.69, 9.17) is 46.0 Å². The molecule has 9 N–H and O–H groups in total. The van der Waals surface area contributed by atoms with Crippen LogP contribution in [0.25, 0.3) is 0 Å². The van der Waals surface area contributed by atoms with Crippen molar-refractivity contribution >= 4 is 0 Å². The molecule has 9 nitrogen and oxygen atoms in total. The molecule has 189 valence electrons. The molecule has 0 saturated carbocycles. The van der Waals surface area contributed by atoms with E-state index in [1.165, 1.54) is 0 Å². The molecule has 0 aromatic carbocycles. The fourth-order valence-corrected chi connectivity index (χ4v) is 0. The molecule has 0 aliphatic carbocycles. The normalized spacial score (nSPS) is 5.59. The zero-order valence-corrected chi connectivity index (χ0v) is 25.0. The van der Waals surface area contributed by atoms with Crippen LogP contribution >= 0.6 is 0 Å². The molecule has 29 heavy (non-hydrogen) atoms. The first kappa shape index (κ1) is 69.8. The number of hydrogen-bond donors (Lipinski definition) is 9. The zero-order valence-electron chi connectivity index (χ0n) is 20.3. The minimum absolute atomic E-state index is 0. The third kappa shape index (κ3) is 13600. The molecule has 0 bridgehead atoms. The summed E-state index contributed by atoms with van der Waals surface area (Å²) < 4.78 is 0. The summed E-state index contributed by atoms with van der Waals surface area (Å²) in [6.07, 6.45) is 0.